The van der Waals surface area contributed by atoms with Crippen LogP contribution in [0.1, 0.15) is 6.92 Å². The number of benzene rings is 1. The zero-order chi connectivity index (χ0) is 14.3. The summed E-state index contributed by atoms with van der Waals surface area (Å²) in [5.74, 6) is -14.1. The normalized spacial score (nSPS) is 14.4. The minimum atomic E-state index is -7.71. The molecular weight excluding hydrogens is 311 g/mol. The topological polar surface area (TPSA) is 0 Å². The van der Waals surface area contributed by atoms with Crippen molar-refractivity contribution in [3.8, 4) is 0 Å². The summed E-state index contributed by atoms with van der Waals surface area (Å²) in [5, 5.41) is -2.66. The summed E-state index contributed by atoms with van der Waals surface area (Å²) in [4.78, 5) is 0. The van der Waals surface area contributed by atoms with Gasteiger partial charge in [-0.3, -0.25) is 0 Å². The first-order valence-electron chi connectivity index (χ1n) is 4.35. The molecule has 0 saturated carbocycles. The third-order valence-electron chi connectivity index (χ3n) is 1.87. The molecule has 0 heterocycles. The van der Waals surface area contributed by atoms with Gasteiger partial charge in [0.2, 0.25) is 0 Å². The van der Waals surface area contributed by atoms with Gasteiger partial charge < -0.3 is 0 Å². The van der Waals surface area contributed by atoms with Crippen LogP contribution in [0.5, 0.6) is 0 Å². The molecule has 1 aromatic rings. The average Bonchev–Trinajstić information content (AvgIpc) is 2.22. The van der Waals surface area contributed by atoms with Gasteiger partial charge in [0.25, 0.3) is 0 Å². The predicted molar refractivity (Wildman–Crippen MR) is 54.2 cm³/mol. The van der Waals surface area contributed by atoms with Crippen molar-refractivity contribution in [3.05, 3.63) is 29.1 Å². The van der Waals surface area contributed by atoms with Crippen molar-refractivity contribution in [1.82, 2.24) is 0 Å². The molecule has 0 aliphatic carbocycles. The quantitative estimate of drug-likeness (QED) is 0.331. The van der Waals surface area contributed by atoms with Gasteiger partial charge >= 0.3 is 99.7 Å². The second-order valence-corrected chi connectivity index (χ2v) is 8.41. The zero-order valence-electron chi connectivity index (χ0n) is 8.59. The van der Waals surface area contributed by atoms with E-state index in [1.165, 1.54) is 0 Å². The van der Waals surface area contributed by atoms with E-state index < -0.39 is 58.3 Å². The summed E-state index contributed by atoms with van der Waals surface area (Å²) in [6.45, 7) is -6.66. The molecule has 0 N–H and O–H groups in total. The molecule has 1 rings (SSSR count). The number of halogens is 8. The summed E-state index contributed by atoms with van der Waals surface area (Å²) < 4.78 is 104. The van der Waals surface area contributed by atoms with Gasteiger partial charge in [0.1, 0.15) is 0 Å². The molecule has 1 aromatic carbocycles. The molecule has 0 atom stereocenters. The molecule has 0 nitrogen and oxygen atoms in total. The number of hydrogen-bond donors (Lipinski definition) is 0. The van der Waals surface area contributed by atoms with Crippen molar-refractivity contribution >= 4 is 23.4 Å². The van der Waals surface area contributed by atoms with E-state index in [1.807, 2.05) is 0 Å². The van der Waals surface area contributed by atoms with Crippen molar-refractivity contribution < 1.29 is 34.5 Å². The molecule has 0 bridgehead atoms. The van der Waals surface area contributed by atoms with Crippen LogP contribution in [0.25, 0.3) is 0 Å². The van der Waals surface area contributed by atoms with Crippen LogP contribution in [0, 0.1) is 29.1 Å². The Balaban J connectivity index is 3.72. The third kappa shape index (κ3) is 2.42. The molecule has 0 aliphatic heterocycles. The Hall–Kier alpha value is -0.560. The molecule has 0 unspecified atom stereocenters. The van der Waals surface area contributed by atoms with Crippen LogP contribution in [-0.2, 0) is 0 Å². The van der Waals surface area contributed by atoms with E-state index in [-0.39, 0.29) is 0 Å². The molecule has 0 amide bonds. The fraction of sp³-hybridized carbons (Fsp3) is 0.250. The minimum absolute atomic E-state index is 0.596. The second kappa shape index (κ2) is 4.52. The van der Waals surface area contributed by atoms with E-state index in [0.717, 1.165) is 6.92 Å². The van der Waals surface area contributed by atoms with Crippen LogP contribution in [0.2, 0.25) is 0 Å². The van der Waals surface area contributed by atoms with E-state index in [4.69, 9.17) is 0 Å². The molecule has 0 spiro atoms. The number of rotatable bonds is 3. The molecule has 0 radical (unpaired) electrons. The first kappa shape index (κ1) is 15.5. The summed E-state index contributed by atoms with van der Waals surface area (Å²) in [7, 11) is 0. The molecule has 0 aromatic heterocycles. The fourth-order valence-electron chi connectivity index (χ4n) is 1.17. The van der Waals surface area contributed by atoms with Crippen LogP contribution in [0.3, 0.4) is 0 Å². The van der Waals surface area contributed by atoms with Gasteiger partial charge in [0.05, 0.1) is 0 Å². The molecule has 104 valence electrons. The predicted octanol–water partition coefficient (Wildman–Crippen LogP) is 4.88. The first-order chi connectivity index (χ1) is 8.01. The van der Waals surface area contributed by atoms with Gasteiger partial charge in [0, 0.05) is 0 Å². The summed E-state index contributed by atoms with van der Waals surface area (Å²) >= 11 is -0.765. The first-order valence-corrected chi connectivity index (χ1v) is 7.85. The van der Waals surface area contributed by atoms with E-state index in [2.05, 4.69) is 0 Å². The summed E-state index contributed by atoms with van der Waals surface area (Å²) in [6, 6.07) is 0. The maximum atomic E-state index is 13.3. The van der Waals surface area contributed by atoms with Gasteiger partial charge in [-0.05, 0) is 0 Å². The zero-order valence-corrected chi connectivity index (χ0v) is 10.3. The summed E-state index contributed by atoms with van der Waals surface area (Å²) in [5.41, 5.74) is 0. The van der Waals surface area contributed by atoms with Crippen LogP contribution < -0.4 is 5.30 Å². The van der Waals surface area contributed by atoms with Crippen molar-refractivity contribution in [2.24, 2.45) is 0 Å². The molecular formula is C8H5F8PS. The van der Waals surface area contributed by atoms with Crippen LogP contribution in [-0.4, -0.2) is 5.75 Å². The van der Waals surface area contributed by atoms with Crippen molar-refractivity contribution in [2.75, 3.05) is 5.75 Å². The maximum absolute atomic E-state index is 13.3. The molecule has 10 heteroatoms. The Labute approximate surface area is 100 Å². The van der Waals surface area contributed by atoms with Crippen molar-refractivity contribution in [1.29, 1.82) is 0 Å². The van der Waals surface area contributed by atoms with E-state index in [9.17, 15) is 34.5 Å². The second-order valence-electron chi connectivity index (χ2n) is 3.08. The van der Waals surface area contributed by atoms with E-state index in [0.29, 0.717) is 0 Å². The van der Waals surface area contributed by atoms with E-state index in [1.54, 1.807) is 0 Å². The van der Waals surface area contributed by atoms with Gasteiger partial charge in [0.15, 0.2) is 0 Å². The Kier molecular flexibility index (Phi) is 3.89. The SMILES string of the molecule is CCSP(F)(F)(F)c1c(F)c(F)c(F)c(F)c1F. The fourth-order valence-corrected chi connectivity index (χ4v) is 4.66. The molecule has 0 fully saturated rings. The molecule has 18 heavy (non-hydrogen) atoms. The summed E-state index contributed by atoms with van der Waals surface area (Å²) in [6.07, 6.45) is 0. The third-order valence-corrected chi connectivity index (χ3v) is 6.22. The van der Waals surface area contributed by atoms with Crippen molar-refractivity contribution in [3.63, 3.8) is 0 Å². The van der Waals surface area contributed by atoms with Crippen molar-refractivity contribution in [2.45, 2.75) is 6.92 Å². The van der Waals surface area contributed by atoms with Crippen LogP contribution in [0.4, 0.5) is 34.5 Å². The Morgan fingerprint density at radius 2 is 1.11 bits per heavy atom. The van der Waals surface area contributed by atoms with Crippen LogP contribution >= 0.6 is 18.1 Å². The van der Waals surface area contributed by atoms with E-state index >= 15 is 0 Å². The number of hydrogen-bond acceptors (Lipinski definition) is 1. The molecule has 0 saturated heterocycles. The standard InChI is InChI=1S/C8H5F8PS/c1-2-18-17(14,15,16)8-6(12)4(10)3(9)5(11)7(8)13/h2H2,1H3. The van der Waals surface area contributed by atoms with Gasteiger partial charge in [-0.15, -0.1) is 0 Å². The van der Waals surface area contributed by atoms with Gasteiger partial charge in [-0.1, -0.05) is 0 Å². The Morgan fingerprint density at radius 3 is 1.44 bits per heavy atom. The Morgan fingerprint density at radius 1 is 0.778 bits per heavy atom. The molecule has 0 aliphatic rings. The monoisotopic (exact) mass is 316 g/mol. The van der Waals surface area contributed by atoms with Gasteiger partial charge in [-0.25, -0.2) is 0 Å². The Bertz CT molecular complexity index is 465. The van der Waals surface area contributed by atoms with Gasteiger partial charge in [-0.2, -0.15) is 0 Å². The average molecular weight is 316 g/mol. The van der Waals surface area contributed by atoms with Crippen LogP contribution in [0.15, 0.2) is 0 Å².